The second-order valence-electron chi connectivity index (χ2n) is 7.31. The lowest BCUT2D eigenvalue weighted by atomic mass is 9.88. The maximum atomic E-state index is 13.0. The molecule has 2 aromatic carbocycles. The Labute approximate surface area is 169 Å². The lowest BCUT2D eigenvalue weighted by Gasteiger charge is -2.32. The first kappa shape index (κ1) is 18.9. The zero-order valence-corrected chi connectivity index (χ0v) is 16.8. The van der Waals surface area contributed by atoms with Crippen molar-refractivity contribution in [2.45, 2.75) is 43.0 Å². The molecule has 0 aromatic heterocycles. The first-order chi connectivity index (χ1) is 13.7. The summed E-state index contributed by atoms with van der Waals surface area (Å²) in [7, 11) is 0. The van der Waals surface area contributed by atoms with E-state index in [0.29, 0.717) is 17.4 Å². The number of amides is 3. The van der Waals surface area contributed by atoms with Crippen LogP contribution in [-0.4, -0.2) is 35.2 Å². The molecule has 28 heavy (non-hydrogen) atoms. The highest BCUT2D eigenvalue weighted by Gasteiger charge is 2.34. The molecule has 0 saturated carbocycles. The van der Waals surface area contributed by atoms with Crippen molar-refractivity contribution in [3.63, 3.8) is 0 Å². The fourth-order valence-corrected chi connectivity index (χ4v) is 5.04. The van der Waals surface area contributed by atoms with Crippen molar-refractivity contribution >= 4 is 35.1 Å². The molecule has 0 aliphatic carbocycles. The van der Waals surface area contributed by atoms with Gasteiger partial charge in [-0.3, -0.25) is 4.79 Å². The molecule has 0 spiro atoms. The number of fused-ring (bicyclic) bond motifs is 1. The number of benzene rings is 2. The molecule has 0 bridgehead atoms. The van der Waals surface area contributed by atoms with Gasteiger partial charge >= 0.3 is 6.03 Å². The molecule has 3 amide bonds. The molecule has 2 heterocycles. The summed E-state index contributed by atoms with van der Waals surface area (Å²) in [5, 5.41) is 5.91. The first-order valence-corrected chi connectivity index (χ1v) is 10.8. The van der Waals surface area contributed by atoms with Crippen molar-refractivity contribution in [3.05, 3.63) is 54.1 Å². The lowest BCUT2D eigenvalue weighted by molar-refractivity contribution is -0.113. The Morgan fingerprint density at radius 3 is 2.89 bits per heavy atom. The molecule has 6 heteroatoms. The number of nitrogens with one attached hydrogen (secondary N) is 2. The van der Waals surface area contributed by atoms with E-state index in [0.717, 1.165) is 36.4 Å². The van der Waals surface area contributed by atoms with Gasteiger partial charge in [-0.2, -0.15) is 0 Å². The Bertz CT molecular complexity index is 871. The van der Waals surface area contributed by atoms with Crippen LogP contribution in [-0.2, 0) is 4.79 Å². The van der Waals surface area contributed by atoms with Crippen LogP contribution < -0.4 is 10.6 Å². The number of rotatable bonds is 4. The number of carbonyl (C=O) groups excluding carboxylic acids is 2. The van der Waals surface area contributed by atoms with Crippen LogP contribution in [0.2, 0.25) is 0 Å². The molecule has 0 unspecified atom stereocenters. The molecule has 146 valence electrons. The normalized spacial score (nSPS) is 19.7. The molecular formula is C22H25N3O2S. The number of nitrogens with zero attached hydrogens (tertiary/aromatic N) is 1. The highest BCUT2D eigenvalue weighted by Crippen LogP contribution is 2.35. The molecule has 2 N–H and O–H groups in total. The smallest absolute Gasteiger partial charge is 0.322 e. The van der Waals surface area contributed by atoms with Gasteiger partial charge in [0.05, 0.1) is 11.4 Å². The van der Waals surface area contributed by atoms with Crippen LogP contribution in [0.15, 0.2) is 53.4 Å². The van der Waals surface area contributed by atoms with Crippen LogP contribution in [0.4, 0.5) is 16.2 Å². The van der Waals surface area contributed by atoms with Crippen molar-refractivity contribution in [1.82, 2.24) is 4.90 Å². The van der Waals surface area contributed by atoms with Gasteiger partial charge in [-0.15, -0.1) is 11.8 Å². The van der Waals surface area contributed by atoms with Gasteiger partial charge < -0.3 is 15.5 Å². The Balaban J connectivity index is 1.49. The predicted octanol–water partition coefficient (Wildman–Crippen LogP) is 4.92. The number of anilines is 2. The summed E-state index contributed by atoms with van der Waals surface area (Å²) in [6.45, 7) is 2.97. The van der Waals surface area contributed by atoms with Crippen molar-refractivity contribution in [2.75, 3.05) is 22.9 Å². The first-order valence-electron chi connectivity index (χ1n) is 9.85. The standard InChI is InChI=1S/C22H25N3O2S/c1-2-17(15-7-4-3-5-8-15)19-9-6-12-25(19)22(27)23-16-10-11-20-18(13-16)24-21(26)14-28-20/h3-5,7-8,10-11,13,17,19H,2,6,9,12,14H2,1H3,(H,23,27)(H,24,26)/t17-,19-/m0/s1. The molecule has 2 aliphatic rings. The van der Waals surface area contributed by atoms with Crippen LogP contribution in [0.5, 0.6) is 0 Å². The van der Waals surface area contributed by atoms with Crippen molar-refractivity contribution in [1.29, 1.82) is 0 Å². The maximum absolute atomic E-state index is 13.0. The van der Waals surface area contributed by atoms with E-state index in [1.807, 2.05) is 29.2 Å². The molecular weight excluding hydrogens is 370 g/mol. The molecule has 1 fully saturated rings. The quantitative estimate of drug-likeness (QED) is 0.772. The number of hydrogen-bond donors (Lipinski definition) is 2. The Hall–Kier alpha value is -2.47. The van der Waals surface area contributed by atoms with Gasteiger partial charge in [0.25, 0.3) is 0 Å². The summed E-state index contributed by atoms with van der Waals surface area (Å²) in [6.07, 6.45) is 3.05. The van der Waals surface area contributed by atoms with Crippen LogP contribution >= 0.6 is 11.8 Å². The van der Waals surface area contributed by atoms with E-state index in [1.54, 1.807) is 0 Å². The second kappa shape index (κ2) is 8.27. The average Bonchev–Trinajstić information content (AvgIpc) is 3.19. The van der Waals surface area contributed by atoms with Crippen molar-refractivity contribution < 1.29 is 9.59 Å². The fourth-order valence-electron chi connectivity index (χ4n) is 4.25. The summed E-state index contributed by atoms with van der Waals surface area (Å²) in [4.78, 5) is 27.7. The van der Waals surface area contributed by atoms with E-state index in [-0.39, 0.29) is 18.0 Å². The molecule has 0 radical (unpaired) electrons. The topological polar surface area (TPSA) is 61.4 Å². The van der Waals surface area contributed by atoms with E-state index < -0.39 is 0 Å². The SMILES string of the molecule is CC[C@@H](c1ccccc1)[C@@H]1CCCN1C(=O)Nc1ccc2c(c1)NC(=O)CS2. The molecule has 2 aromatic rings. The minimum atomic E-state index is -0.0633. The van der Waals surface area contributed by atoms with Crippen LogP contribution in [0, 0.1) is 0 Å². The molecule has 1 saturated heterocycles. The summed E-state index contributed by atoms with van der Waals surface area (Å²) in [5.41, 5.74) is 2.78. The number of likely N-dealkylation sites (tertiary alicyclic amines) is 1. The van der Waals surface area contributed by atoms with Gasteiger partial charge in [-0.25, -0.2) is 4.79 Å². The summed E-state index contributed by atoms with van der Waals surface area (Å²) < 4.78 is 0. The zero-order valence-electron chi connectivity index (χ0n) is 16.0. The third-order valence-corrected chi connectivity index (χ3v) is 6.63. The third-order valence-electron chi connectivity index (χ3n) is 5.56. The van der Waals surface area contributed by atoms with Crippen LogP contribution in [0.25, 0.3) is 0 Å². The van der Waals surface area contributed by atoms with Gasteiger partial charge in [0.1, 0.15) is 0 Å². The van der Waals surface area contributed by atoms with Gasteiger partial charge in [0, 0.05) is 29.1 Å². The summed E-state index contributed by atoms with van der Waals surface area (Å²) >= 11 is 1.52. The van der Waals surface area contributed by atoms with Crippen molar-refractivity contribution in [3.8, 4) is 0 Å². The van der Waals surface area contributed by atoms with E-state index >= 15 is 0 Å². The Morgan fingerprint density at radius 2 is 2.11 bits per heavy atom. The van der Waals surface area contributed by atoms with Gasteiger partial charge in [0.15, 0.2) is 0 Å². The maximum Gasteiger partial charge on any atom is 0.322 e. The minimum Gasteiger partial charge on any atom is -0.324 e. The van der Waals surface area contributed by atoms with Gasteiger partial charge in [0.2, 0.25) is 5.91 Å². The Kier molecular flexibility index (Phi) is 5.57. The van der Waals surface area contributed by atoms with E-state index in [9.17, 15) is 9.59 Å². The van der Waals surface area contributed by atoms with E-state index in [1.165, 1.54) is 17.3 Å². The average molecular weight is 396 g/mol. The van der Waals surface area contributed by atoms with E-state index in [2.05, 4.69) is 41.8 Å². The third kappa shape index (κ3) is 3.87. The van der Waals surface area contributed by atoms with Gasteiger partial charge in [-0.05, 0) is 43.0 Å². The van der Waals surface area contributed by atoms with Crippen LogP contribution in [0.1, 0.15) is 37.7 Å². The largest absolute Gasteiger partial charge is 0.324 e. The molecule has 5 nitrogen and oxygen atoms in total. The van der Waals surface area contributed by atoms with Crippen LogP contribution in [0.3, 0.4) is 0 Å². The molecule has 4 rings (SSSR count). The number of urea groups is 1. The Morgan fingerprint density at radius 1 is 1.29 bits per heavy atom. The highest BCUT2D eigenvalue weighted by atomic mass is 32.2. The predicted molar refractivity (Wildman–Crippen MR) is 114 cm³/mol. The second-order valence-corrected chi connectivity index (χ2v) is 8.32. The number of hydrogen-bond acceptors (Lipinski definition) is 3. The summed E-state index contributed by atoms with van der Waals surface area (Å²) in [5.74, 6) is 0.773. The number of thioether (sulfide) groups is 1. The lowest BCUT2D eigenvalue weighted by Crippen LogP contribution is -2.41. The fraction of sp³-hybridized carbons (Fsp3) is 0.364. The minimum absolute atomic E-state index is 0.00534. The monoisotopic (exact) mass is 395 g/mol. The molecule has 2 atom stereocenters. The summed E-state index contributed by atoms with van der Waals surface area (Å²) in [6, 6.07) is 16.3. The van der Waals surface area contributed by atoms with Gasteiger partial charge in [-0.1, -0.05) is 37.3 Å². The van der Waals surface area contributed by atoms with E-state index in [4.69, 9.17) is 0 Å². The number of carbonyl (C=O) groups is 2. The van der Waals surface area contributed by atoms with Crippen molar-refractivity contribution in [2.24, 2.45) is 0 Å². The molecule has 2 aliphatic heterocycles. The zero-order chi connectivity index (χ0) is 19.5. The highest BCUT2D eigenvalue weighted by molar-refractivity contribution is 8.00.